The number of likely N-dealkylation sites (N-methyl/N-ethyl adjacent to an activating group) is 1. The predicted molar refractivity (Wildman–Crippen MR) is 264 cm³/mol. The number of allylic oxidation sites excluding steroid dienone is 4. The van der Waals surface area contributed by atoms with Gasteiger partial charge in [0.2, 0.25) is 0 Å². The van der Waals surface area contributed by atoms with Gasteiger partial charge in [-0.1, -0.05) is 224 Å². The predicted octanol–water partition coefficient (Wildman–Crippen LogP) is 15.7. The molecule has 0 aliphatic rings. The average Bonchev–Trinajstić information content (AvgIpc) is 3.23. The molecule has 0 aliphatic carbocycles. The minimum Gasteiger partial charge on any atom is -0.756 e. The molecular formula is C53H104NO7P. The van der Waals surface area contributed by atoms with Crippen molar-refractivity contribution in [2.75, 3.05) is 54.1 Å². The summed E-state index contributed by atoms with van der Waals surface area (Å²) in [7, 11) is 1.37. The lowest BCUT2D eigenvalue weighted by Gasteiger charge is -2.28. The number of ether oxygens (including phenoxy) is 2. The Bertz CT molecular complexity index is 1050. The van der Waals surface area contributed by atoms with E-state index in [-0.39, 0.29) is 25.8 Å². The lowest BCUT2D eigenvalue weighted by molar-refractivity contribution is -0.870. The van der Waals surface area contributed by atoms with Gasteiger partial charge < -0.3 is 27.9 Å². The molecular weight excluding hydrogens is 794 g/mol. The van der Waals surface area contributed by atoms with Gasteiger partial charge in [0, 0.05) is 13.0 Å². The Hall–Kier alpha value is -1.02. The van der Waals surface area contributed by atoms with Crippen LogP contribution in [0.4, 0.5) is 0 Å². The molecule has 0 rings (SSSR count). The summed E-state index contributed by atoms with van der Waals surface area (Å²) >= 11 is 0. The topological polar surface area (TPSA) is 94.1 Å². The molecule has 0 radical (unpaired) electrons. The van der Waals surface area contributed by atoms with Crippen LogP contribution >= 0.6 is 7.82 Å². The zero-order valence-corrected chi connectivity index (χ0v) is 42.7. The minimum atomic E-state index is -4.53. The lowest BCUT2D eigenvalue weighted by atomic mass is 10.0. The fourth-order valence-electron chi connectivity index (χ4n) is 7.64. The van der Waals surface area contributed by atoms with Crippen molar-refractivity contribution in [3.63, 3.8) is 0 Å². The minimum absolute atomic E-state index is 0.0288. The maximum absolute atomic E-state index is 12.8. The van der Waals surface area contributed by atoms with Gasteiger partial charge in [0.1, 0.15) is 19.3 Å². The van der Waals surface area contributed by atoms with Gasteiger partial charge >= 0.3 is 5.97 Å². The maximum atomic E-state index is 12.8. The van der Waals surface area contributed by atoms with Gasteiger partial charge in [0.05, 0.1) is 34.4 Å². The smallest absolute Gasteiger partial charge is 0.306 e. The first-order chi connectivity index (χ1) is 30.1. The third-order valence-electron chi connectivity index (χ3n) is 11.8. The Morgan fingerprint density at radius 1 is 0.500 bits per heavy atom. The first-order valence-electron chi connectivity index (χ1n) is 26.6. The van der Waals surface area contributed by atoms with Crippen LogP contribution in [0.3, 0.4) is 0 Å². The SMILES string of the molecule is CCCCCCC/C=C\C/C=C\CCCCCCCCCCCCCCCC(=O)OC(COCCCCCCCCCCCCCCCCC)COP(=O)([O-])OCC[N+](C)(C)C. The quantitative estimate of drug-likeness (QED) is 0.0197. The Kier molecular flexibility index (Phi) is 45.7. The van der Waals surface area contributed by atoms with Crippen molar-refractivity contribution in [3.8, 4) is 0 Å². The third kappa shape index (κ3) is 50.0. The third-order valence-corrected chi connectivity index (χ3v) is 12.7. The van der Waals surface area contributed by atoms with Crippen LogP contribution in [-0.4, -0.2) is 70.7 Å². The number of esters is 1. The van der Waals surface area contributed by atoms with Crippen molar-refractivity contribution in [2.45, 2.75) is 258 Å². The van der Waals surface area contributed by atoms with Crippen LogP contribution in [0.1, 0.15) is 251 Å². The second-order valence-corrected chi connectivity index (χ2v) is 20.7. The van der Waals surface area contributed by atoms with Crippen LogP contribution in [0.5, 0.6) is 0 Å². The van der Waals surface area contributed by atoms with Crippen LogP contribution in [0.2, 0.25) is 0 Å². The number of hydrogen-bond donors (Lipinski definition) is 0. The summed E-state index contributed by atoms with van der Waals surface area (Å²) in [6.07, 6.45) is 54.9. The van der Waals surface area contributed by atoms with Crippen LogP contribution in [0.25, 0.3) is 0 Å². The molecule has 0 aromatic carbocycles. The highest BCUT2D eigenvalue weighted by molar-refractivity contribution is 7.45. The summed E-state index contributed by atoms with van der Waals surface area (Å²) < 4.78 is 34.8. The summed E-state index contributed by atoms with van der Waals surface area (Å²) in [5.41, 5.74) is 0. The molecule has 368 valence electrons. The Labute approximate surface area is 385 Å². The molecule has 62 heavy (non-hydrogen) atoms. The van der Waals surface area contributed by atoms with Gasteiger partial charge in [-0.15, -0.1) is 0 Å². The van der Waals surface area contributed by atoms with E-state index in [2.05, 4.69) is 38.2 Å². The van der Waals surface area contributed by atoms with E-state index in [1.807, 2.05) is 21.1 Å². The normalized spacial score (nSPS) is 13.7. The van der Waals surface area contributed by atoms with Gasteiger partial charge in [-0.3, -0.25) is 9.36 Å². The van der Waals surface area contributed by atoms with Gasteiger partial charge in [0.15, 0.2) is 0 Å². The fourth-order valence-corrected chi connectivity index (χ4v) is 8.37. The molecule has 0 fully saturated rings. The molecule has 2 atom stereocenters. The number of phosphoric acid groups is 1. The van der Waals surface area contributed by atoms with E-state index >= 15 is 0 Å². The van der Waals surface area contributed by atoms with Crippen molar-refractivity contribution >= 4 is 13.8 Å². The zero-order chi connectivity index (χ0) is 45.5. The first-order valence-corrected chi connectivity index (χ1v) is 28.0. The van der Waals surface area contributed by atoms with Crippen molar-refractivity contribution in [1.82, 2.24) is 0 Å². The Balaban J connectivity index is 4.05. The summed E-state index contributed by atoms with van der Waals surface area (Å²) in [5.74, 6) is -0.330. The molecule has 8 nitrogen and oxygen atoms in total. The number of phosphoric ester groups is 1. The first kappa shape index (κ1) is 61.0. The molecule has 9 heteroatoms. The van der Waals surface area contributed by atoms with E-state index in [0.717, 1.165) is 38.5 Å². The van der Waals surface area contributed by atoms with Crippen LogP contribution < -0.4 is 4.89 Å². The summed E-state index contributed by atoms with van der Waals surface area (Å²) in [6.45, 7) is 5.46. The summed E-state index contributed by atoms with van der Waals surface area (Å²) in [6, 6.07) is 0. The van der Waals surface area contributed by atoms with Crippen molar-refractivity contribution in [1.29, 1.82) is 0 Å². The zero-order valence-electron chi connectivity index (χ0n) is 41.8. The van der Waals surface area contributed by atoms with E-state index in [0.29, 0.717) is 24.1 Å². The number of rotatable bonds is 50. The van der Waals surface area contributed by atoms with E-state index in [4.69, 9.17) is 18.5 Å². The molecule has 0 saturated heterocycles. The van der Waals surface area contributed by atoms with Crippen LogP contribution in [0, 0.1) is 0 Å². The second kappa shape index (κ2) is 46.5. The summed E-state index contributed by atoms with van der Waals surface area (Å²) in [4.78, 5) is 25.2. The number of carbonyl (C=O) groups excluding carboxylic acids is 1. The summed E-state index contributed by atoms with van der Waals surface area (Å²) in [5, 5.41) is 0. The number of quaternary nitrogens is 1. The lowest BCUT2D eigenvalue weighted by Crippen LogP contribution is -2.37. The second-order valence-electron chi connectivity index (χ2n) is 19.2. The van der Waals surface area contributed by atoms with Crippen molar-refractivity contribution in [2.24, 2.45) is 0 Å². The maximum Gasteiger partial charge on any atom is 0.306 e. The number of unbranched alkanes of at least 4 members (excludes halogenated alkanes) is 32. The molecule has 0 spiro atoms. The van der Waals surface area contributed by atoms with E-state index in [1.54, 1.807) is 0 Å². The molecule has 0 N–H and O–H groups in total. The molecule has 0 aliphatic heterocycles. The van der Waals surface area contributed by atoms with E-state index < -0.39 is 13.9 Å². The van der Waals surface area contributed by atoms with E-state index in [9.17, 15) is 14.3 Å². The largest absolute Gasteiger partial charge is 0.756 e. The van der Waals surface area contributed by atoms with Crippen LogP contribution in [-0.2, 0) is 27.9 Å². The van der Waals surface area contributed by atoms with Gasteiger partial charge in [-0.25, -0.2) is 0 Å². The molecule has 2 unspecified atom stereocenters. The molecule has 0 aromatic heterocycles. The van der Waals surface area contributed by atoms with Gasteiger partial charge in [-0.05, 0) is 44.9 Å². The molecule has 0 heterocycles. The number of carbonyl (C=O) groups is 1. The average molecular weight is 898 g/mol. The molecule has 0 amide bonds. The number of hydrogen-bond acceptors (Lipinski definition) is 7. The van der Waals surface area contributed by atoms with E-state index in [1.165, 1.54) is 193 Å². The highest BCUT2D eigenvalue weighted by Gasteiger charge is 2.20. The Morgan fingerprint density at radius 2 is 0.887 bits per heavy atom. The standard InChI is InChI=1S/C53H104NO7P/c1-6-8-10-12-14-16-18-20-22-23-24-25-26-27-28-29-30-31-32-34-36-38-40-42-44-46-53(55)61-52(51-60-62(56,57)59-49-47-54(3,4)5)50-58-48-45-43-41-39-37-35-33-21-19-17-15-13-11-9-7-2/h18,20,23-24,52H,6-17,19,21-22,25-51H2,1-5H3/b20-18-,24-23-. The fraction of sp³-hybridized carbons (Fsp3) is 0.906. The van der Waals surface area contributed by atoms with Gasteiger partial charge in [0.25, 0.3) is 7.82 Å². The molecule has 0 saturated carbocycles. The highest BCUT2D eigenvalue weighted by atomic mass is 31.2. The van der Waals surface area contributed by atoms with Crippen molar-refractivity contribution in [3.05, 3.63) is 24.3 Å². The monoisotopic (exact) mass is 898 g/mol. The highest BCUT2D eigenvalue weighted by Crippen LogP contribution is 2.38. The Morgan fingerprint density at radius 3 is 1.31 bits per heavy atom. The van der Waals surface area contributed by atoms with Gasteiger partial charge in [-0.2, -0.15) is 0 Å². The molecule has 0 bridgehead atoms. The number of nitrogens with zero attached hydrogens (tertiary/aromatic N) is 1. The van der Waals surface area contributed by atoms with Crippen LogP contribution in [0.15, 0.2) is 24.3 Å². The van der Waals surface area contributed by atoms with Crippen molar-refractivity contribution < 1.29 is 37.3 Å². The molecule has 0 aromatic rings.